The summed E-state index contributed by atoms with van der Waals surface area (Å²) in [6.45, 7) is 5.86. The Balaban J connectivity index is 1.85. The Morgan fingerprint density at radius 3 is 2.48 bits per heavy atom. The quantitative estimate of drug-likeness (QED) is 0.370. The van der Waals surface area contributed by atoms with Crippen molar-refractivity contribution in [3.8, 4) is 17.0 Å². The number of nitrogens with zero attached hydrogens (tertiary/aromatic N) is 4. The summed E-state index contributed by atoms with van der Waals surface area (Å²) in [5.41, 5.74) is 5.31. The Kier molecular flexibility index (Phi) is 6.28. The fourth-order valence-corrected chi connectivity index (χ4v) is 3.29. The molecule has 0 saturated heterocycles. The number of aromatic nitrogens is 2. The van der Waals surface area contributed by atoms with E-state index < -0.39 is 11.8 Å². The Morgan fingerprint density at radius 2 is 1.90 bits per heavy atom. The van der Waals surface area contributed by atoms with Crippen LogP contribution in [0.1, 0.15) is 22.4 Å². The highest BCUT2D eigenvalue weighted by molar-refractivity contribution is 5.91. The van der Waals surface area contributed by atoms with E-state index in [4.69, 9.17) is 16.4 Å². The summed E-state index contributed by atoms with van der Waals surface area (Å²) in [7, 11) is 3.27. The zero-order valence-electron chi connectivity index (χ0n) is 18.3. The van der Waals surface area contributed by atoms with Crippen LogP contribution in [-0.2, 0) is 13.7 Å². The van der Waals surface area contributed by atoms with Crippen LogP contribution in [0.5, 0.6) is 5.75 Å². The molecule has 2 aromatic carbocycles. The van der Waals surface area contributed by atoms with Crippen molar-refractivity contribution in [1.29, 1.82) is 0 Å². The van der Waals surface area contributed by atoms with Crippen molar-refractivity contribution in [3.05, 3.63) is 64.6 Å². The number of hydrogen-bond acceptors (Lipinski definition) is 5. The van der Waals surface area contributed by atoms with Gasteiger partial charge in [-0.1, -0.05) is 6.07 Å². The predicted octanol–water partition coefficient (Wildman–Crippen LogP) is 3.34. The number of rotatable bonds is 5. The molecule has 164 valence electrons. The van der Waals surface area contributed by atoms with Crippen molar-refractivity contribution in [2.24, 2.45) is 18.7 Å². The molecule has 0 bridgehead atoms. The van der Waals surface area contributed by atoms with Crippen LogP contribution in [-0.4, -0.2) is 27.9 Å². The Labute approximate surface area is 180 Å². The van der Waals surface area contributed by atoms with Gasteiger partial charge in [0.15, 0.2) is 0 Å². The Bertz CT molecular complexity index is 1130. The van der Waals surface area contributed by atoms with Gasteiger partial charge in [0.1, 0.15) is 18.2 Å². The van der Waals surface area contributed by atoms with Gasteiger partial charge in [-0.2, -0.15) is 5.10 Å². The second-order valence-corrected chi connectivity index (χ2v) is 7.45. The largest absolute Gasteiger partial charge is 0.488 e. The van der Waals surface area contributed by atoms with Crippen LogP contribution in [0.4, 0.5) is 14.9 Å². The molecule has 0 aliphatic rings. The average Bonchev–Trinajstić information content (AvgIpc) is 2.99. The molecule has 2 amide bonds. The molecule has 0 spiro atoms. The minimum absolute atomic E-state index is 0.112. The minimum atomic E-state index is -0.687. The normalized spacial score (nSPS) is 10.8. The molecule has 8 nitrogen and oxygen atoms in total. The lowest BCUT2D eigenvalue weighted by molar-refractivity contribution is 0.216. The molecule has 31 heavy (non-hydrogen) atoms. The molecule has 0 aliphatic carbocycles. The summed E-state index contributed by atoms with van der Waals surface area (Å²) in [6.07, 6.45) is 0. The average molecular weight is 426 g/mol. The number of hydrazine groups is 2. The number of anilines is 1. The third-order valence-corrected chi connectivity index (χ3v) is 5.32. The van der Waals surface area contributed by atoms with E-state index in [-0.39, 0.29) is 17.9 Å². The zero-order valence-corrected chi connectivity index (χ0v) is 18.3. The van der Waals surface area contributed by atoms with Gasteiger partial charge in [-0.05, 0) is 62.2 Å². The smallest absolute Gasteiger partial charge is 0.352 e. The van der Waals surface area contributed by atoms with E-state index in [0.717, 1.165) is 38.1 Å². The van der Waals surface area contributed by atoms with Gasteiger partial charge in [-0.3, -0.25) is 9.69 Å². The molecular weight excluding hydrogens is 399 g/mol. The SMILES string of the molecule is Cc1cc(-c2nn(C)c(C)c2C)ccc1OCc1c(F)cccc1N(N)C(=O)N(C)N. The van der Waals surface area contributed by atoms with Gasteiger partial charge < -0.3 is 4.74 Å². The summed E-state index contributed by atoms with van der Waals surface area (Å²) < 4.78 is 22.3. The molecular formula is C22H27FN6O2. The molecule has 3 rings (SSSR count). The van der Waals surface area contributed by atoms with E-state index >= 15 is 0 Å². The van der Waals surface area contributed by atoms with Gasteiger partial charge in [-0.15, -0.1) is 0 Å². The van der Waals surface area contributed by atoms with Crippen LogP contribution in [0.2, 0.25) is 0 Å². The van der Waals surface area contributed by atoms with Crippen molar-refractivity contribution >= 4 is 11.7 Å². The van der Waals surface area contributed by atoms with E-state index in [0.29, 0.717) is 5.75 Å². The summed E-state index contributed by atoms with van der Waals surface area (Å²) in [5, 5.41) is 6.19. The molecule has 1 heterocycles. The number of ether oxygens (including phenoxy) is 1. The third kappa shape index (κ3) is 4.37. The number of benzene rings is 2. The summed E-state index contributed by atoms with van der Waals surface area (Å²) in [5.74, 6) is 11.4. The first kappa shape index (κ1) is 22.3. The lowest BCUT2D eigenvalue weighted by Gasteiger charge is -2.23. The first-order chi connectivity index (χ1) is 14.6. The van der Waals surface area contributed by atoms with Crippen LogP contribution < -0.4 is 21.4 Å². The third-order valence-electron chi connectivity index (χ3n) is 5.32. The second kappa shape index (κ2) is 8.75. The van der Waals surface area contributed by atoms with Gasteiger partial charge in [0.25, 0.3) is 0 Å². The van der Waals surface area contributed by atoms with E-state index in [1.807, 2.05) is 50.7 Å². The summed E-state index contributed by atoms with van der Waals surface area (Å²) in [6, 6.07) is 9.33. The molecule has 0 saturated carbocycles. The van der Waals surface area contributed by atoms with Crippen LogP contribution in [0.25, 0.3) is 11.3 Å². The molecule has 0 radical (unpaired) electrons. The number of halogens is 1. The molecule has 9 heteroatoms. The monoisotopic (exact) mass is 426 g/mol. The maximum absolute atomic E-state index is 14.5. The van der Waals surface area contributed by atoms with Crippen molar-refractivity contribution in [3.63, 3.8) is 0 Å². The number of carbonyl (C=O) groups is 1. The van der Waals surface area contributed by atoms with Gasteiger partial charge in [-0.25, -0.2) is 25.9 Å². The molecule has 0 atom stereocenters. The number of hydrogen-bond donors (Lipinski definition) is 2. The molecule has 0 aliphatic heterocycles. The number of aryl methyl sites for hydroxylation is 2. The molecule has 0 unspecified atom stereocenters. The van der Waals surface area contributed by atoms with Crippen LogP contribution >= 0.6 is 0 Å². The lowest BCUT2D eigenvalue weighted by atomic mass is 10.0. The van der Waals surface area contributed by atoms with Crippen molar-refractivity contribution in [1.82, 2.24) is 14.8 Å². The standard InChI is InChI=1S/C22H27FN6O2/c1-13-11-16(21-14(2)15(3)28(5)26-21)9-10-20(13)31-12-17-18(23)7-6-8-19(17)29(25)22(30)27(4)24/h6-11H,12,24-25H2,1-5H3. The number of nitrogens with two attached hydrogens (primary N) is 2. The first-order valence-corrected chi connectivity index (χ1v) is 9.70. The molecule has 4 N–H and O–H groups in total. The number of carbonyl (C=O) groups excluding carboxylic acids is 1. The van der Waals surface area contributed by atoms with E-state index in [1.54, 1.807) is 0 Å². The number of amides is 2. The van der Waals surface area contributed by atoms with Crippen LogP contribution in [0, 0.1) is 26.6 Å². The van der Waals surface area contributed by atoms with Crippen molar-refractivity contribution < 1.29 is 13.9 Å². The van der Waals surface area contributed by atoms with Gasteiger partial charge in [0.05, 0.1) is 16.9 Å². The highest BCUT2D eigenvalue weighted by Crippen LogP contribution is 2.30. The molecule has 3 aromatic rings. The Hall–Kier alpha value is -3.43. The Morgan fingerprint density at radius 1 is 1.19 bits per heavy atom. The van der Waals surface area contributed by atoms with Gasteiger partial charge in [0.2, 0.25) is 0 Å². The van der Waals surface area contributed by atoms with E-state index in [1.165, 1.54) is 25.2 Å². The zero-order chi connectivity index (χ0) is 22.9. The van der Waals surface area contributed by atoms with E-state index in [9.17, 15) is 9.18 Å². The minimum Gasteiger partial charge on any atom is -0.488 e. The molecule has 1 aromatic heterocycles. The van der Waals surface area contributed by atoms with Crippen LogP contribution in [0.15, 0.2) is 36.4 Å². The van der Waals surface area contributed by atoms with Crippen LogP contribution in [0.3, 0.4) is 0 Å². The fourth-order valence-electron chi connectivity index (χ4n) is 3.29. The maximum Gasteiger partial charge on any atom is 0.352 e. The highest BCUT2D eigenvalue weighted by atomic mass is 19.1. The number of urea groups is 1. The summed E-state index contributed by atoms with van der Waals surface area (Å²) in [4.78, 5) is 12.1. The van der Waals surface area contributed by atoms with Crippen molar-refractivity contribution in [2.75, 3.05) is 12.1 Å². The second-order valence-electron chi connectivity index (χ2n) is 7.45. The lowest BCUT2D eigenvalue weighted by Crippen LogP contribution is -2.49. The van der Waals surface area contributed by atoms with Gasteiger partial charge >= 0.3 is 6.03 Å². The first-order valence-electron chi connectivity index (χ1n) is 9.70. The van der Waals surface area contributed by atoms with Crippen molar-refractivity contribution in [2.45, 2.75) is 27.4 Å². The molecule has 0 fully saturated rings. The van der Waals surface area contributed by atoms with E-state index in [2.05, 4.69) is 5.10 Å². The van der Waals surface area contributed by atoms with Gasteiger partial charge in [0, 0.05) is 25.4 Å². The fraction of sp³-hybridized carbons (Fsp3) is 0.273. The summed E-state index contributed by atoms with van der Waals surface area (Å²) >= 11 is 0. The predicted molar refractivity (Wildman–Crippen MR) is 118 cm³/mol. The topological polar surface area (TPSA) is 103 Å². The maximum atomic E-state index is 14.5. The highest BCUT2D eigenvalue weighted by Gasteiger charge is 2.20.